The number of carbonyl (C=O) groups excluding carboxylic acids is 1. The smallest absolute Gasteiger partial charge is 0.411 e. The molecular formula is C32H37N7O2. The van der Waals surface area contributed by atoms with Crippen LogP contribution in [-0.2, 0) is 11.3 Å². The summed E-state index contributed by atoms with van der Waals surface area (Å²) in [5.41, 5.74) is 10.1. The lowest BCUT2D eigenvalue weighted by Gasteiger charge is -2.33. The third-order valence-corrected chi connectivity index (χ3v) is 8.03. The molecule has 0 radical (unpaired) electrons. The molecule has 41 heavy (non-hydrogen) atoms. The molecule has 1 amide bonds. The Labute approximate surface area is 239 Å². The number of imidazole rings is 1. The van der Waals surface area contributed by atoms with E-state index >= 15 is 0 Å². The lowest BCUT2D eigenvalue weighted by molar-refractivity contribution is 0.0748. The molecule has 3 aromatic carbocycles. The van der Waals surface area contributed by atoms with Crippen molar-refractivity contribution in [1.82, 2.24) is 14.5 Å². The number of nitrogens with two attached hydrogens (primary N) is 1. The summed E-state index contributed by atoms with van der Waals surface area (Å²) >= 11 is 0. The van der Waals surface area contributed by atoms with Gasteiger partial charge < -0.3 is 19.9 Å². The van der Waals surface area contributed by atoms with Gasteiger partial charge in [0.1, 0.15) is 17.8 Å². The van der Waals surface area contributed by atoms with E-state index in [4.69, 9.17) is 20.9 Å². The van der Waals surface area contributed by atoms with E-state index in [-0.39, 0.29) is 17.9 Å². The number of ether oxygens (including phenoxy) is 1. The highest BCUT2D eigenvalue weighted by atomic mass is 16.6. The highest BCUT2D eigenvalue weighted by Gasteiger charge is 2.25. The van der Waals surface area contributed by atoms with E-state index in [1.165, 1.54) is 5.84 Å². The molecule has 9 nitrogen and oxygen atoms in total. The first kappa shape index (κ1) is 26.8. The summed E-state index contributed by atoms with van der Waals surface area (Å²) in [7, 11) is 0. The van der Waals surface area contributed by atoms with E-state index in [2.05, 4.69) is 51.8 Å². The Kier molecular flexibility index (Phi) is 7.34. The van der Waals surface area contributed by atoms with Crippen LogP contribution in [0.5, 0.6) is 0 Å². The number of hydrogen-bond acceptors (Lipinski definition) is 6. The summed E-state index contributed by atoms with van der Waals surface area (Å²) in [6, 6.07) is 18.0. The van der Waals surface area contributed by atoms with Crippen molar-refractivity contribution in [3.8, 4) is 0 Å². The fraction of sp³-hybridized carbons (Fsp3) is 0.375. The van der Waals surface area contributed by atoms with E-state index in [1.54, 1.807) is 0 Å². The Morgan fingerprint density at radius 3 is 2.63 bits per heavy atom. The number of benzene rings is 3. The maximum absolute atomic E-state index is 12.8. The molecule has 6 rings (SSSR count). The average molecular weight is 552 g/mol. The number of carbonyl (C=O) groups is 1. The van der Waals surface area contributed by atoms with Gasteiger partial charge in [0.15, 0.2) is 0 Å². The van der Waals surface area contributed by atoms with Crippen LogP contribution in [-0.4, -0.2) is 58.0 Å². The first-order valence-corrected chi connectivity index (χ1v) is 14.5. The molecule has 3 heterocycles. The number of amides is 1. The first-order chi connectivity index (χ1) is 19.8. The van der Waals surface area contributed by atoms with Gasteiger partial charge >= 0.3 is 6.09 Å². The minimum atomic E-state index is -0.424. The monoisotopic (exact) mass is 551 g/mol. The van der Waals surface area contributed by atoms with Gasteiger partial charge in [-0.25, -0.2) is 9.78 Å². The van der Waals surface area contributed by atoms with Gasteiger partial charge in [0, 0.05) is 62.6 Å². The molecule has 2 aliphatic rings. The molecule has 9 heteroatoms. The van der Waals surface area contributed by atoms with Crippen molar-refractivity contribution in [3.63, 3.8) is 0 Å². The second-order valence-corrected chi connectivity index (χ2v) is 11.3. The zero-order valence-electron chi connectivity index (χ0n) is 23.7. The molecule has 0 saturated carbocycles. The summed E-state index contributed by atoms with van der Waals surface area (Å²) < 4.78 is 8.01. The van der Waals surface area contributed by atoms with Crippen LogP contribution in [0, 0.1) is 5.41 Å². The fourth-order valence-electron chi connectivity index (χ4n) is 5.88. The van der Waals surface area contributed by atoms with Gasteiger partial charge in [-0.1, -0.05) is 38.1 Å². The van der Waals surface area contributed by atoms with Gasteiger partial charge in [-0.2, -0.15) is 0 Å². The van der Waals surface area contributed by atoms with Gasteiger partial charge in [-0.15, -0.1) is 0 Å². The fourth-order valence-corrected chi connectivity index (χ4v) is 5.88. The van der Waals surface area contributed by atoms with Crippen molar-refractivity contribution in [3.05, 3.63) is 71.5 Å². The van der Waals surface area contributed by atoms with Crippen molar-refractivity contribution in [1.29, 1.82) is 5.41 Å². The number of nitrogens with one attached hydrogen (secondary N) is 2. The lowest BCUT2D eigenvalue weighted by Crippen LogP contribution is -2.41. The van der Waals surface area contributed by atoms with Crippen molar-refractivity contribution in [2.45, 2.75) is 58.1 Å². The lowest BCUT2D eigenvalue weighted by atomic mass is 10.0. The maximum atomic E-state index is 12.8. The van der Waals surface area contributed by atoms with Gasteiger partial charge in [0.25, 0.3) is 0 Å². The summed E-state index contributed by atoms with van der Waals surface area (Å²) in [6.07, 6.45) is 3.31. The first-order valence-electron chi connectivity index (χ1n) is 14.5. The Hall–Kier alpha value is -4.40. The predicted octanol–water partition coefficient (Wildman–Crippen LogP) is 5.85. The van der Waals surface area contributed by atoms with Crippen LogP contribution < -0.4 is 11.1 Å². The Balaban J connectivity index is 1.19. The number of aliphatic imine (C=N–C) groups is 1. The summed E-state index contributed by atoms with van der Waals surface area (Å²) in [5.74, 6) is 2.47. The Bertz CT molecular complexity index is 1650. The van der Waals surface area contributed by atoms with Crippen LogP contribution in [0.25, 0.3) is 21.8 Å². The molecule has 1 aromatic heterocycles. The number of aromatic nitrogens is 2. The van der Waals surface area contributed by atoms with E-state index in [0.717, 1.165) is 78.5 Å². The minimum absolute atomic E-state index is 0.0584. The summed E-state index contributed by atoms with van der Waals surface area (Å²) in [5, 5.41) is 12.9. The number of anilines is 1. The van der Waals surface area contributed by atoms with Crippen LogP contribution in [0.2, 0.25) is 0 Å². The van der Waals surface area contributed by atoms with Crippen LogP contribution in [0.4, 0.5) is 10.5 Å². The molecule has 1 fully saturated rings. The number of amidine groups is 2. The average Bonchev–Trinajstić information content (AvgIpc) is 3.62. The second-order valence-electron chi connectivity index (χ2n) is 11.3. The molecular weight excluding hydrogens is 514 g/mol. The number of nitrogen functional groups attached to an aromatic ring is 1. The van der Waals surface area contributed by atoms with Gasteiger partial charge in [0.05, 0.1) is 16.9 Å². The van der Waals surface area contributed by atoms with Crippen LogP contribution >= 0.6 is 0 Å². The second kappa shape index (κ2) is 11.2. The van der Waals surface area contributed by atoms with Gasteiger partial charge in [-0.05, 0) is 53.1 Å². The van der Waals surface area contributed by atoms with E-state index in [9.17, 15) is 4.79 Å². The van der Waals surface area contributed by atoms with Crippen molar-refractivity contribution >= 4 is 45.3 Å². The van der Waals surface area contributed by atoms with Crippen molar-refractivity contribution in [2.24, 2.45) is 10.7 Å². The summed E-state index contributed by atoms with van der Waals surface area (Å²) in [4.78, 5) is 24.7. The number of rotatable bonds is 6. The number of hydrogen-bond donors (Lipinski definition) is 3. The molecule has 0 atom stereocenters. The van der Waals surface area contributed by atoms with Crippen LogP contribution in [0.3, 0.4) is 0 Å². The topological polar surface area (TPSA) is 122 Å². The quantitative estimate of drug-likeness (QED) is 0.205. The molecule has 4 aromatic rings. The third-order valence-electron chi connectivity index (χ3n) is 8.03. The van der Waals surface area contributed by atoms with Gasteiger partial charge in [0.2, 0.25) is 0 Å². The highest BCUT2D eigenvalue weighted by molar-refractivity contribution is 5.99. The van der Waals surface area contributed by atoms with E-state index < -0.39 is 6.09 Å². The van der Waals surface area contributed by atoms with Crippen LogP contribution in [0.1, 0.15) is 62.4 Å². The molecule has 1 saturated heterocycles. The highest BCUT2D eigenvalue weighted by Crippen LogP contribution is 2.27. The predicted molar refractivity (Wildman–Crippen MR) is 164 cm³/mol. The number of piperidine rings is 1. The Morgan fingerprint density at radius 1 is 1.10 bits per heavy atom. The molecule has 0 spiro atoms. The normalized spacial score (nSPS) is 16.0. The number of fused-ring (bicyclic) bond motifs is 2. The molecule has 2 aliphatic heterocycles. The summed E-state index contributed by atoms with van der Waals surface area (Å²) in [6.45, 7) is 7.59. The zero-order valence-corrected chi connectivity index (χ0v) is 23.7. The molecule has 0 aliphatic carbocycles. The van der Waals surface area contributed by atoms with Gasteiger partial charge in [-0.3, -0.25) is 15.7 Å². The standard InChI is InChI=1S/C32H37N7O2/c1-20(2)31-37-27-10-9-25(36-32(40)41-26-11-14-38(15-12-26)29-4-3-13-35-29)18-28(27)39(31)19-21-5-6-22-7-8-23(30(33)34)17-24(22)16-21/h5-10,16-18,20,26H,3-4,11-15,19H2,1-2H3,(H3,33,34)(H,36,40). The van der Waals surface area contributed by atoms with E-state index in [1.807, 2.05) is 36.4 Å². The maximum Gasteiger partial charge on any atom is 0.411 e. The number of likely N-dealkylation sites (tertiary alicyclic amines) is 1. The molecule has 4 N–H and O–H groups in total. The SMILES string of the molecule is CC(C)c1nc2ccc(NC(=O)OC3CCN(C4=NCCC4)CC3)cc2n1Cc1ccc2ccc(C(=N)N)cc2c1. The largest absolute Gasteiger partial charge is 0.446 e. The minimum Gasteiger partial charge on any atom is -0.446 e. The zero-order chi connectivity index (χ0) is 28.5. The van der Waals surface area contributed by atoms with Crippen molar-refractivity contribution < 1.29 is 9.53 Å². The number of nitrogens with zero attached hydrogens (tertiary/aromatic N) is 4. The van der Waals surface area contributed by atoms with Crippen molar-refractivity contribution in [2.75, 3.05) is 25.0 Å². The van der Waals surface area contributed by atoms with Crippen LogP contribution in [0.15, 0.2) is 59.6 Å². The molecule has 0 unspecified atom stereocenters. The molecule has 212 valence electrons. The third kappa shape index (κ3) is 5.75. The van der Waals surface area contributed by atoms with E-state index in [0.29, 0.717) is 17.8 Å². The Morgan fingerprint density at radius 2 is 1.90 bits per heavy atom. The molecule has 0 bridgehead atoms.